The molecule has 3 heterocycles. The summed E-state index contributed by atoms with van der Waals surface area (Å²) in [6.07, 6.45) is 5.04. The van der Waals surface area contributed by atoms with Gasteiger partial charge in [0.25, 0.3) is 0 Å². The summed E-state index contributed by atoms with van der Waals surface area (Å²) in [7, 11) is -3.53. The van der Waals surface area contributed by atoms with Gasteiger partial charge in [-0.05, 0) is 42.8 Å². The van der Waals surface area contributed by atoms with Gasteiger partial charge in [-0.25, -0.2) is 18.1 Å². The van der Waals surface area contributed by atoms with Crippen molar-refractivity contribution < 1.29 is 13.2 Å². The maximum absolute atomic E-state index is 12.7. The SMILES string of the molecule is CC(Nc1ccc(S(=O)(=O)N2CCOCC2)cn1)c1ccc(-n2cccn2)cc1. The first-order valence-electron chi connectivity index (χ1n) is 9.44. The summed E-state index contributed by atoms with van der Waals surface area (Å²) < 4.78 is 33.8. The van der Waals surface area contributed by atoms with Gasteiger partial charge in [0.1, 0.15) is 10.7 Å². The molecule has 0 aliphatic carbocycles. The summed E-state index contributed by atoms with van der Waals surface area (Å²) in [6.45, 7) is 3.61. The number of rotatable bonds is 6. The van der Waals surface area contributed by atoms with Gasteiger partial charge in [0.15, 0.2) is 0 Å². The molecule has 1 unspecified atom stereocenters. The number of sulfonamides is 1. The van der Waals surface area contributed by atoms with E-state index in [0.717, 1.165) is 11.3 Å². The molecule has 9 heteroatoms. The summed E-state index contributed by atoms with van der Waals surface area (Å²) in [4.78, 5) is 4.50. The Balaban J connectivity index is 1.43. The van der Waals surface area contributed by atoms with Gasteiger partial charge >= 0.3 is 0 Å². The molecule has 1 atom stereocenters. The zero-order chi connectivity index (χ0) is 20.3. The van der Waals surface area contributed by atoms with E-state index in [4.69, 9.17) is 4.74 Å². The van der Waals surface area contributed by atoms with Crippen molar-refractivity contribution in [2.24, 2.45) is 0 Å². The standard InChI is InChI=1S/C20H23N5O3S/c1-16(17-3-5-18(6-4-17)25-10-2-9-22-25)23-20-8-7-19(15-21-20)29(26,27)24-11-13-28-14-12-24/h2-10,15-16H,11-14H2,1H3,(H,21,23). The second-order valence-corrected chi connectivity index (χ2v) is 8.74. The van der Waals surface area contributed by atoms with Crippen LogP contribution in [0.4, 0.5) is 5.82 Å². The minimum atomic E-state index is -3.53. The lowest BCUT2D eigenvalue weighted by Gasteiger charge is -2.26. The number of hydrogen-bond donors (Lipinski definition) is 1. The third-order valence-corrected chi connectivity index (χ3v) is 6.75. The molecule has 0 bridgehead atoms. The van der Waals surface area contributed by atoms with Crippen LogP contribution in [0.15, 0.2) is 66.0 Å². The van der Waals surface area contributed by atoms with Gasteiger partial charge in [-0.15, -0.1) is 0 Å². The van der Waals surface area contributed by atoms with Crippen molar-refractivity contribution in [3.63, 3.8) is 0 Å². The molecule has 0 amide bonds. The predicted octanol–water partition coefficient (Wildman–Crippen LogP) is 2.46. The normalized spacial score (nSPS) is 16.4. The maximum Gasteiger partial charge on any atom is 0.244 e. The van der Waals surface area contributed by atoms with Crippen molar-refractivity contribution in [3.05, 3.63) is 66.6 Å². The third kappa shape index (κ3) is 4.31. The van der Waals surface area contributed by atoms with Gasteiger partial charge in [0.05, 0.1) is 18.9 Å². The van der Waals surface area contributed by atoms with Gasteiger partial charge in [-0.2, -0.15) is 9.40 Å². The highest BCUT2D eigenvalue weighted by atomic mass is 32.2. The Kier molecular flexibility index (Phi) is 5.61. The molecule has 1 aliphatic heterocycles. The number of morpholine rings is 1. The van der Waals surface area contributed by atoms with Gasteiger partial charge in [0.2, 0.25) is 10.0 Å². The van der Waals surface area contributed by atoms with Crippen molar-refractivity contribution in [2.45, 2.75) is 17.9 Å². The zero-order valence-corrected chi connectivity index (χ0v) is 16.9. The Hall–Kier alpha value is -2.75. The molecule has 0 saturated carbocycles. The lowest BCUT2D eigenvalue weighted by atomic mass is 10.1. The quantitative estimate of drug-likeness (QED) is 0.668. The molecular formula is C20H23N5O3S. The van der Waals surface area contributed by atoms with Gasteiger partial charge in [0, 0.05) is 37.7 Å². The molecular weight excluding hydrogens is 390 g/mol. The molecule has 0 radical (unpaired) electrons. The number of nitrogens with one attached hydrogen (secondary N) is 1. The fraction of sp³-hybridized carbons (Fsp3) is 0.300. The summed E-state index contributed by atoms with van der Waals surface area (Å²) in [5.41, 5.74) is 2.08. The zero-order valence-electron chi connectivity index (χ0n) is 16.1. The van der Waals surface area contributed by atoms with Crippen LogP contribution in [-0.4, -0.2) is 53.8 Å². The minimum absolute atomic E-state index is 0.0101. The van der Waals surface area contributed by atoms with Crippen LogP contribution in [0.2, 0.25) is 0 Å². The van der Waals surface area contributed by atoms with Crippen molar-refractivity contribution in [1.82, 2.24) is 19.1 Å². The first kappa shape index (κ1) is 19.6. The van der Waals surface area contributed by atoms with Crippen LogP contribution in [0.3, 0.4) is 0 Å². The van der Waals surface area contributed by atoms with Crippen LogP contribution in [-0.2, 0) is 14.8 Å². The third-order valence-electron chi connectivity index (χ3n) is 4.87. The molecule has 152 valence electrons. The summed E-state index contributed by atoms with van der Waals surface area (Å²) in [5, 5.41) is 7.53. The van der Waals surface area contributed by atoms with E-state index in [9.17, 15) is 8.42 Å². The topological polar surface area (TPSA) is 89.4 Å². The summed E-state index contributed by atoms with van der Waals surface area (Å²) >= 11 is 0. The van der Waals surface area contributed by atoms with E-state index in [1.807, 2.05) is 43.5 Å². The Morgan fingerprint density at radius 1 is 1.10 bits per heavy atom. The van der Waals surface area contributed by atoms with Crippen LogP contribution in [0.5, 0.6) is 0 Å². The molecule has 0 spiro atoms. The first-order chi connectivity index (χ1) is 14.0. The van der Waals surface area contributed by atoms with Crippen molar-refractivity contribution in [3.8, 4) is 5.69 Å². The van der Waals surface area contributed by atoms with Gasteiger partial charge < -0.3 is 10.1 Å². The molecule has 1 aliphatic rings. The van der Waals surface area contributed by atoms with E-state index in [1.54, 1.807) is 23.0 Å². The van der Waals surface area contributed by atoms with E-state index in [-0.39, 0.29) is 10.9 Å². The Labute approximate surface area is 170 Å². The molecule has 1 saturated heterocycles. The van der Waals surface area contributed by atoms with Crippen molar-refractivity contribution in [1.29, 1.82) is 0 Å². The van der Waals surface area contributed by atoms with Crippen LogP contribution in [0.1, 0.15) is 18.5 Å². The van der Waals surface area contributed by atoms with Crippen LogP contribution in [0, 0.1) is 0 Å². The highest BCUT2D eigenvalue weighted by molar-refractivity contribution is 7.89. The minimum Gasteiger partial charge on any atom is -0.379 e. The van der Waals surface area contributed by atoms with Gasteiger partial charge in [-0.3, -0.25) is 0 Å². The molecule has 1 N–H and O–H groups in total. The van der Waals surface area contributed by atoms with E-state index in [0.29, 0.717) is 32.1 Å². The van der Waals surface area contributed by atoms with E-state index in [2.05, 4.69) is 15.4 Å². The van der Waals surface area contributed by atoms with Crippen LogP contribution >= 0.6 is 0 Å². The number of pyridine rings is 1. The fourth-order valence-electron chi connectivity index (χ4n) is 3.20. The lowest BCUT2D eigenvalue weighted by molar-refractivity contribution is 0.0730. The molecule has 2 aromatic heterocycles. The smallest absolute Gasteiger partial charge is 0.244 e. The molecule has 29 heavy (non-hydrogen) atoms. The maximum atomic E-state index is 12.7. The number of hydrogen-bond acceptors (Lipinski definition) is 6. The summed E-state index contributed by atoms with van der Waals surface area (Å²) in [6, 6.07) is 13.3. The largest absolute Gasteiger partial charge is 0.379 e. The number of benzene rings is 1. The van der Waals surface area contributed by atoms with Gasteiger partial charge in [-0.1, -0.05) is 12.1 Å². The van der Waals surface area contributed by atoms with Crippen LogP contribution in [0.25, 0.3) is 5.69 Å². The van der Waals surface area contributed by atoms with Crippen LogP contribution < -0.4 is 5.32 Å². The lowest BCUT2D eigenvalue weighted by Crippen LogP contribution is -2.40. The molecule has 4 rings (SSSR count). The molecule has 1 aromatic carbocycles. The van der Waals surface area contributed by atoms with E-state index >= 15 is 0 Å². The molecule has 1 fully saturated rings. The number of ether oxygens (including phenoxy) is 1. The van der Waals surface area contributed by atoms with Crippen molar-refractivity contribution in [2.75, 3.05) is 31.6 Å². The van der Waals surface area contributed by atoms with E-state index in [1.165, 1.54) is 10.5 Å². The number of anilines is 1. The Bertz CT molecular complexity index is 1030. The molecule has 8 nitrogen and oxygen atoms in total. The fourth-order valence-corrected chi connectivity index (χ4v) is 4.55. The number of aromatic nitrogens is 3. The monoisotopic (exact) mass is 413 g/mol. The average Bonchev–Trinajstić information content (AvgIpc) is 3.30. The average molecular weight is 414 g/mol. The number of nitrogens with zero attached hydrogens (tertiary/aromatic N) is 4. The second-order valence-electron chi connectivity index (χ2n) is 6.80. The Morgan fingerprint density at radius 3 is 2.48 bits per heavy atom. The second kappa shape index (κ2) is 8.32. The summed E-state index contributed by atoms with van der Waals surface area (Å²) in [5.74, 6) is 0.620. The highest BCUT2D eigenvalue weighted by Crippen LogP contribution is 2.22. The Morgan fingerprint density at radius 2 is 1.86 bits per heavy atom. The van der Waals surface area contributed by atoms with E-state index < -0.39 is 10.0 Å². The first-order valence-corrected chi connectivity index (χ1v) is 10.9. The predicted molar refractivity (Wildman–Crippen MR) is 109 cm³/mol. The molecule has 3 aromatic rings. The van der Waals surface area contributed by atoms with Crippen molar-refractivity contribution >= 4 is 15.8 Å². The highest BCUT2D eigenvalue weighted by Gasteiger charge is 2.26.